The van der Waals surface area contributed by atoms with Crippen molar-refractivity contribution >= 4 is 17.9 Å². The van der Waals surface area contributed by atoms with Crippen LogP contribution < -0.4 is 19.5 Å². The smallest absolute Gasteiger partial charge is 0.252 e. The van der Waals surface area contributed by atoms with Crippen molar-refractivity contribution in [2.45, 2.75) is 38.0 Å². The molecule has 1 amide bonds. The highest BCUT2D eigenvalue weighted by Gasteiger charge is 2.49. The molecule has 0 saturated carbocycles. The van der Waals surface area contributed by atoms with Crippen molar-refractivity contribution in [3.05, 3.63) is 95.6 Å². The Labute approximate surface area is 235 Å². The molecule has 0 spiro atoms. The molecule has 1 aliphatic rings. The molecular formula is C32H36N2O6. The quantitative estimate of drug-likeness (QED) is 0.300. The van der Waals surface area contributed by atoms with Gasteiger partial charge in [-0.3, -0.25) is 4.79 Å². The number of amides is 1. The first kappa shape index (κ1) is 28.7. The Morgan fingerprint density at radius 2 is 1.80 bits per heavy atom. The van der Waals surface area contributed by atoms with Crippen LogP contribution in [0.1, 0.15) is 36.5 Å². The molecule has 3 aromatic rings. The van der Waals surface area contributed by atoms with E-state index in [0.29, 0.717) is 49.1 Å². The average molecular weight is 545 g/mol. The van der Waals surface area contributed by atoms with E-state index in [9.17, 15) is 4.79 Å². The zero-order valence-electron chi connectivity index (χ0n) is 23.1. The molecule has 0 aromatic heterocycles. The van der Waals surface area contributed by atoms with Crippen molar-refractivity contribution in [3.8, 4) is 17.2 Å². The fourth-order valence-corrected chi connectivity index (χ4v) is 4.45. The van der Waals surface area contributed by atoms with Gasteiger partial charge in [-0.25, -0.2) is 4.99 Å². The summed E-state index contributed by atoms with van der Waals surface area (Å²) in [6, 6.07) is 22.8. The fourth-order valence-electron chi connectivity index (χ4n) is 4.45. The number of aliphatic hydroxyl groups is 1. The third-order valence-electron chi connectivity index (χ3n) is 6.77. The lowest BCUT2D eigenvalue weighted by molar-refractivity contribution is -0.128. The van der Waals surface area contributed by atoms with Gasteiger partial charge in [0.25, 0.3) is 5.91 Å². The van der Waals surface area contributed by atoms with Crippen LogP contribution in [0.2, 0.25) is 0 Å². The van der Waals surface area contributed by atoms with E-state index in [1.165, 1.54) is 0 Å². The minimum atomic E-state index is -1.16. The number of ether oxygens (including phenoxy) is 4. The Balaban J connectivity index is 1.57. The highest BCUT2D eigenvalue weighted by Crippen LogP contribution is 2.34. The normalized spacial score (nSPS) is 18.2. The first-order valence-corrected chi connectivity index (χ1v) is 13.3. The maximum Gasteiger partial charge on any atom is 0.252 e. The van der Waals surface area contributed by atoms with Gasteiger partial charge in [-0.1, -0.05) is 48.6 Å². The molecule has 210 valence electrons. The minimum absolute atomic E-state index is 0.0789. The summed E-state index contributed by atoms with van der Waals surface area (Å²) in [6.45, 7) is 2.67. The number of nitrogens with one attached hydrogen (secondary N) is 1. The highest BCUT2D eigenvalue weighted by molar-refractivity contribution is 6.00. The molecule has 0 radical (unpaired) electrons. The van der Waals surface area contributed by atoms with E-state index in [1.807, 2.05) is 91.9 Å². The molecule has 0 aliphatic carbocycles. The Kier molecular flexibility index (Phi) is 9.81. The van der Waals surface area contributed by atoms with Crippen LogP contribution in [0.4, 0.5) is 0 Å². The van der Waals surface area contributed by atoms with E-state index < -0.39 is 11.6 Å². The second-order valence-corrected chi connectivity index (χ2v) is 9.44. The van der Waals surface area contributed by atoms with E-state index in [2.05, 4.69) is 5.32 Å². The second-order valence-electron chi connectivity index (χ2n) is 9.44. The van der Waals surface area contributed by atoms with Crippen LogP contribution in [0.5, 0.6) is 17.2 Å². The van der Waals surface area contributed by atoms with Gasteiger partial charge >= 0.3 is 0 Å². The summed E-state index contributed by atoms with van der Waals surface area (Å²) in [4.78, 5) is 18.7. The number of aliphatic hydroxyl groups excluding tert-OH is 1. The molecule has 1 aliphatic heterocycles. The zero-order valence-corrected chi connectivity index (χ0v) is 23.1. The number of benzene rings is 3. The summed E-state index contributed by atoms with van der Waals surface area (Å²) in [5.41, 5.74) is 1.50. The SMILES string of the molecule is COc1ccc(CNC(=O)[C@]2(C/C=C/c3ccccc3)N=C(c3ccc(OCCCO)cc3)O[C@@H]2C)cc1OC. The molecule has 1 heterocycles. The predicted molar refractivity (Wildman–Crippen MR) is 155 cm³/mol. The monoisotopic (exact) mass is 544 g/mol. The van der Waals surface area contributed by atoms with E-state index >= 15 is 0 Å². The molecule has 40 heavy (non-hydrogen) atoms. The Morgan fingerprint density at radius 1 is 1.05 bits per heavy atom. The van der Waals surface area contributed by atoms with Gasteiger partial charge < -0.3 is 29.4 Å². The molecular weight excluding hydrogens is 508 g/mol. The summed E-state index contributed by atoms with van der Waals surface area (Å²) in [6.07, 6.45) is 4.37. The van der Waals surface area contributed by atoms with E-state index in [1.54, 1.807) is 14.2 Å². The second kappa shape index (κ2) is 13.7. The molecule has 2 N–H and O–H groups in total. The molecule has 0 unspecified atom stereocenters. The van der Waals surface area contributed by atoms with Crippen molar-refractivity contribution in [3.63, 3.8) is 0 Å². The van der Waals surface area contributed by atoms with Gasteiger partial charge in [0.15, 0.2) is 17.0 Å². The fraction of sp³-hybridized carbons (Fsp3) is 0.312. The van der Waals surface area contributed by atoms with Gasteiger partial charge in [-0.2, -0.15) is 0 Å². The van der Waals surface area contributed by atoms with Crippen molar-refractivity contribution < 1.29 is 28.8 Å². The lowest BCUT2D eigenvalue weighted by Crippen LogP contribution is -2.50. The van der Waals surface area contributed by atoms with Crippen molar-refractivity contribution in [1.82, 2.24) is 5.32 Å². The third kappa shape index (κ3) is 6.82. The molecule has 0 bridgehead atoms. The molecule has 3 aromatic carbocycles. The summed E-state index contributed by atoms with van der Waals surface area (Å²) in [5.74, 6) is 2.08. The predicted octanol–water partition coefficient (Wildman–Crippen LogP) is 4.79. The Morgan fingerprint density at radius 3 is 2.50 bits per heavy atom. The number of hydrogen-bond acceptors (Lipinski definition) is 7. The number of carbonyl (C=O) groups is 1. The largest absolute Gasteiger partial charge is 0.494 e. The first-order valence-electron chi connectivity index (χ1n) is 13.3. The zero-order chi connectivity index (χ0) is 28.4. The molecule has 8 heteroatoms. The molecule has 8 nitrogen and oxygen atoms in total. The van der Waals surface area contributed by atoms with Crippen LogP contribution in [-0.4, -0.2) is 56.0 Å². The van der Waals surface area contributed by atoms with Gasteiger partial charge in [0.2, 0.25) is 5.90 Å². The lowest BCUT2D eigenvalue weighted by Gasteiger charge is -2.27. The maximum atomic E-state index is 13.8. The van der Waals surface area contributed by atoms with Gasteiger partial charge in [0.1, 0.15) is 11.9 Å². The van der Waals surface area contributed by atoms with E-state index in [0.717, 1.165) is 16.7 Å². The minimum Gasteiger partial charge on any atom is -0.494 e. The van der Waals surface area contributed by atoms with Crippen LogP contribution in [0.15, 0.2) is 83.9 Å². The lowest BCUT2D eigenvalue weighted by atomic mass is 9.88. The van der Waals surface area contributed by atoms with E-state index in [4.69, 9.17) is 29.0 Å². The summed E-state index contributed by atoms with van der Waals surface area (Å²) >= 11 is 0. The number of hydrogen-bond donors (Lipinski definition) is 2. The number of rotatable bonds is 13. The highest BCUT2D eigenvalue weighted by atomic mass is 16.5. The van der Waals surface area contributed by atoms with Crippen molar-refractivity contribution in [2.75, 3.05) is 27.4 Å². The number of methoxy groups -OCH3 is 2. The number of nitrogens with zero attached hydrogens (tertiary/aromatic N) is 1. The number of aliphatic imine (C=N–C) groups is 1. The van der Waals surface area contributed by atoms with Crippen LogP contribution in [0.25, 0.3) is 6.08 Å². The van der Waals surface area contributed by atoms with Crippen LogP contribution >= 0.6 is 0 Å². The topological polar surface area (TPSA) is 98.6 Å². The summed E-state index contributed by atoms with van der Waals surface area (Å²) < 4.78 is 22.6. The van der Waals surface area contributed by atoms with Crippen molar-refractivity contribution in [2.24, 2.45) is 4.99 Å². The van der Waals surface area contributed by atoms with Gasteiger partial charge in [-0.15, -0.1) is 0 Å². The van der Waals surface area contributed by atoms with Crippen LogP contribution in [0, 0.1) is 0 Å². The van der Waals surface area contributed by atoms with Crippen molar-refractivity contribution in [1.29, 1.82) is 0 Å². The van der Waals surface area contributed by atoms with Gasteiger partial charge in [0, 0.05) is 31.6 Å². The van der Waals surface area contributed by atoms with E-state index in [-0.39, 0.29) is 12.5 Å². The van der Waals surface area contributed by atoms with Gasteiger partial charge in [0.05, 0.1) is 20.8 Å². The molecule has 4 rings (SSSR count). The van der Waals surface area contributed by atoms with Crippen LogP contribution in [0.3, 0.4) is 0 Å². The standard InChI is InChI=1S/C32H36N2O6/c1-23-32(18-7-11-24-9-5-4-6-10-24,31(36)33-22-25-12-17-28(37-2)29(21-25)38-3)34-30(40-23)26-13-15-27(16-14-26)39-20-8-19-35/h4-7,9-17,21,23,35H,8,18-20,22H2,1-3H3,(H,33,36)/b11-7+/t23-,32-/m1/s1. The Hall–Kier alpha value is -4.30. The average Bonchev–Trinajstić information content (AvgIpc) is 3.33. The molecule has 2 atom stereocenters. The molecule has 0 fully saturated rings. The summed E-state index contributed by atoms with van der Waals surface area (Å²) in [5, 5.41) is 12.0. The van der Waals surface area contributed by atoms with Crippen LogP contribution in [-0.2, 0) is 16.1 Å². The van der Waals surface area contributed by atoms with Gasteiger partial charge in [-0.05, 0) is 54.4 Å². The number of carbonyl (C=O) groups excluding carboxylic acids is 1. The first-order chi connectivity index (χ1) is 19.5. The third-order valence-corrected chi connectivity index (χ3v) is 6.77. The maximum absolute atomic E-state index is 13.8. The summed E-state index contributed by atoms with van der Waals surface area (Å²) in [7, 11) is 3.16. The molecule has 0 saturated heterocycles. The Bertz CT molecular complexity index is 1320.